The van der Waals surface area contributed by atoms with Gasteiger partial charge in [-0.1, -0.05) is 10.7 Å². The van der Waals surface area contributed by atoms with Gasteiger partial charge in [0.05, 0.1) is 36.7 Å². The van der Waals surface area contributed by atoms with E-state index in [4.69, 9.17) is 23.3 Å². The first-order valence-electron chi connectivity index (χ1n) is 11.7. The van der Waals surface area contributed by atoms with Crippen LogP contribution < -0.4 is 10.1 Å². The first-order valence-corrected chi connectivity index (χ1v) is 13.4. The number of nitrogens with zero attached hydrogens (tertiary/aromatic N) is 3. The van der Waals surface area contributed by atoms with Crippen LogP contribution in [0, 0.1) is 12.7 Å². The van der Waals surface area contributed by atoms with Gasteiger partial charge in [-0.05, 0) is 43.0 Å². The van der Waals surface area contributed by atoms with Crippen LogP contribution >= 0.6 is 0 Å². The molecule has 9 nitrogen and oxygen atoms in total. The SMILES string of the molecule is COCC/S(C)=N/c1cc(C)c2c(Nc3ccc(F)cc3OC3COC4C(O)COC34)ncnc2c1. The molecule has 2 N–H and O–H groups in total. The standard InChI is InChI=1S/C25H29FN4O5S/c1-14-8-16(30-36(3)7-6-32-2)10-18-22(14)25(28-13-27-18)29-17-5-4-15(26)9-20(17)35-21-12-34-23-19(31)11-33-24(21)23/h4-5,8-10,13,19,21,23-24,31H,6-7,11-12H2,1-3H3,(H,27,28,29). The summed E-state index contributed by atoms with van der Waals surface area (Å²) in [7, 11) is 1.52. The average molecular weight is 517 g/mol. The van der Waals surface area contributed by atoms with Crippen LogP contribution in [0.15, 0.2) is 41.0 Å². The Morgan fingerprint density at radius 3 is 2.86 bits per heavy atom. The molecule has 2 aliphatic rings. The summed E-state index contributed by atoms with van der Waals surface area (Å²) in [5, 5.41) is 14.1. The van der Waals surface area contributed by atoms with Crippen molar-refractivity contribution in [3.8, 4) is 5.75 Å². The van der Waals surface area contributed by atoms with Crippen LogP contribution in [0.2, 0.25) is 0 Å². The molecule has 2 aromatic carbocycles. The Hall–Kier alpha value is -2.70. The zero-order chi connectivity index (χ0) is 25.2. The summed E-state index contributed by atoms with van der Waals surface area (Å²) >= 11 is 0. The second-order valence-corrected chi connectivity index (χ2v) is 10.6. The number of aromatic nitrogens is 2. The fraction of sp³-hybridized carbons (Fsp3) is 0.440. The van der Waals surface area contributed by atoms with Gasteiger partial charge in [0.2, 0.25) is 0 Å². The predicted octanol–water partition coefficient (Wildman–Crippen LogP) is 3.44. The highest BCUT2D eigenvalue weighted by molar-refractivity contribution is 7.86. The molecule has 1 aromatic heterocycles. The van der Waals surface area contributed by atoms with Crippen LogP contribution in [0.5, 0.6) is 5.75 Å². The number of anilines is 2. The third-order valence-corrected chi connectivity index (χ3v) is 7.50. The van der Waals surface area contributed by atoms with Gasteiger partial charge in [0, 0.05) is 24.3 Å². The molecule has 5 atom stereocenters. The van der Waals surface area contributed by atoms with E-state index in [1.165, 1.54) is 18.5 Å². The first kappa shape index (κ1) is 25.0. The van der Waals surface area contributed by atoms with Crippen molar-refractivity contribution in [1.29, 1.82) is 0 Å². The summed E-state index contributed by atoms with van der Waals surface area (Å²) < 4.78 is 41.6. The summed E-state index contributed by atoms with van der Waals surface area (Å²) in [6, 6.07) is 8.22. The predicted molar refractivity (Wildman–Crippen MR) is 136 cm³/mol. The van der Waals surface area contributed by atoms with Crippen molar-refractivity contribution >= 4 is 38.8 Å². The number of benzene rings is 2. The molecule has 2 fully saturated rings. The van der Waals surface area contributed by atoms with Crippen molar-refractivity contribution in [2.75, 3.05) is 44.3 Å². The van der Waals surface area contributed by atoms with Gasteiger partial charge in [-0.3, -0.25) is 0 Å². The largest absolute Gasteiger partial charge is 0.483 e. The summed E-state index contributed by atoms with van der Waals surface area (Å²) in [5.74, 6) is 1.30. The molecule has 0 spiro atoms. The summed E-state index contributed by atoms with van der Waals surface area (Å²) in [4.78, 5) is 8.91. The Morgan fingerprint density at radius 2 is 2.03 bits per heavy atom. The Morgan fingerprint density at radius 1 is 1.19 bits per heavy atom. The molecule has 0 aliphatic carbocycles. The molecular formula is C25H29FN4O5S. The lowest BCUT2D eigenvalue weighted by atomic mass is 10.1. The van der Waals surface area contributed by atoms with Gasteiger partial charge in [-0.15, -0.1) is 0 Å². The maximum Gasteiger partial charge on any atom is 0.151 e. The van der Waals surface area contributed by atoms with Crippen LogP contribution in [0.25, 0.3) is 10.9 Å². The molecule has 0 radical (unpaired) electrons. The lowest BCUT2D eigenvalue weighted by Gasteiger charge is -2.21. The minimum absolute atomic E-state index is 0.168. The molecule has 2 aliphatic heterocycles. The van der Waals surface area contributed by atoms with E-state index in [0.717, 1.165) is 27.9 Å². The second kappa shape index (κ2) is 10.7. The Bertz CT molecular complexity index is 1290. The fourth-order valence-electron chi connectivity index (χ4n) is 4.48. The highest BCUT2D eigenvalue weighted by Crippen LogP contribution is 2.36. The first-order chi connectivity index (χ1) is 17.4. The molecule has 0 saturated carbocycles. The van der Waals surface area contributed by atoms with Crippen molar-refractivity contribution in [3.05, 3.63) is 48.0 Å². The van der Waals surface area contributed by atoms with E-state index in [9.17, 15) is 9.50 Å². The van der Waals surface area contributed by atoms with Crippen molar-refractivity contribution in [3.63, 3.8) is 0 Å². The van der Waals surface area contributed by atoms with E-state index in [0.29, 0.717) is 23.9 Å². The summed E-state index contributed by atoms with van der Waals surface area (Å²) in [6.07, 6.45) is 1.56. The maximum absolute atomic E-state index is 14.2. The zero-order valence-electron chi connectivity index (χ0n) is 20.3. The van der Waals surface area contributed by atoms with Gasteiger partial charge in [0.25, 0.3) is 0 Å². The number of methoxy groups -OCH3 is 1. The van der Waals surface area contributed by atoms with Gasteiger partial charge in [-0.25, -0.2) is 18.7 Å². The smallest absolute Gasteiger partial charge is 0.151 e. The lowest BCUT2D eigenvalue weighted by molar-refractivity contribution is 0.00871. The molecule has 192 valence electrons. The highest BCUT2D eigenvalue weighted by Gasteiger charge is 2.48. The van der Waals surface area contributed by atoms with Crippen molar-refractivity contribution in [2.24, 2.45) is 4.36 Å². The number of nitrogens with one attached hydrogen (secondary N) is 1. The summed E-state index contributed by atoms with van der Waals surface area (Å²) in [5.41, 5.74) is 3.11. The van der Waals surface area contributed by atoms with Crippen LogP contribution in [0.4, 0.5) is 21.6 Å². The molecule has 0 bridgehead atoms. The minimum atomic E-state index is -0.691. The van der Waals surface area contributed by atoms with Crippen molar-refractivity contribution in [1.82, 2.24) is 9.97 Å². The number of rotatable bonds is 8. The van der Waals surface area contributed by atoms with Crippen LogP contribution in [-0.4, -0.2) is 78.4 Å². The lowest BCUT2D eigenvalue weighted by Crippen LogP contribution is -2.34. The fourth-order valence-corrected chi connectivity index (χ4v) is 5.45. The molecule has 5 rings (SSSR count). The van der Waals surface area contributed by atoms with Crippen molar-refractivity contribution in [2.45, 2.75) is 31.3 Å². The Kier molecular flexibility index (Phi) is 7.44. The number of aliphatic hydroxyl groups excluding tert-OH is 1. The number of halogens is 1. The number of fused-ring (bicyclic) bond motifs is 2. The zero-order valence-corrected chi connectivity index (χ0v) is 21.1. The van der Waals surface area contributed by atoms with Gasteiger partial charge >= 0.3 is 0 Å². The highest BCUT2D eigenvalue weighted by atomic mass is 32.2. The number of aryl methyl sites for hydroxylation is 1. The van der Waals surface area contributed by atoms with E-state index >= 15 is 0 Å². The van der Waals surface area contributed by atoms with E-state index in [1.807, 2.05) is 19.1 Å². The van der Waals surface area contributed by atoms with E-state index < -0.39 is 30.2 Å². The molecule has 0 amide bonds. The minimum Gasteiger partial charge on any atom is -0.483 e. The van der Waals surface area contributed by atoms with E-state index in [2.05, 4.69) is 21.5 Å². The van der Waals surface area contributed by atoms with Gasteiger partial charge < -0.3 is 29.4 Å². The van der Waals surface area contributed by atoms with Crippen LogP contribution in [-0.2, 0) is 24.9 Å². The van der Waals surface area contributed by atoms with Crippen molar-refractivity contribution < 1.29 is 28.4 Å². The number of hydrogen-bond donors (Lipinski definition) is 2. The third-order valence-electron chi connectivity index (χ3n) is 6.22. The Labute approximate surface area is 211 Å². The maximum atomic E-state index is 14.2. The molecule has 11 heteroatoms. The molecule has 5 unspecified atom stereocenters. The average Bonchev–Trinajstić information content (AvgIpc) is 3.42. The summed E-state index contributed by atoms with van der Waals surface area (Å²) in [6.45, 7) is 3.08. The molecular weight excluding hydrogens is 487 g/mol. The van der Waals surface area contributed by atoms with Crippen LogP contribution in [0.3, 0.4) is 0 Å². The van der Waals surface area contributed by atoms with Gasteiger partial charge in [0.1, 0.15) is 42.0 Å². The van der Waals surface area contributed by atoms with E-state index in [-0.39, 0.29) is 23.9 Å². The third kappa shape index (κ3) is 5.21. The number of hydrogen-bond acceptors (Lipinski definition) is 9. The van der Waals surface area contributed by atoms with Crippen LogP contribution in [0.1, 0.15) is 5.56 Å². The number of ether oxygens (including phenoxy) is 4. The molecule has 36 heavy (non-hydrogen) atoms. The van der Waals surface area contributed by atoms with E-state index in [1.54, 1.807) is 13.2 Å². The molecule has 3 heterocycles. The number of aliphatic hydroxyl groups is 1. The Balaban J connectivity index is 1.43. The van der Waals surface area contributed by atoms with Gasteiger partial charge in [0.15, 0.2) is 6.10 Å². The monoisotopic (exact) mass is 516 g/mol. The molecule has 2 saturated heterocycles. The topological polar surface area (TPSA) is 107 Å². The second-order valence-electron chi connectivity index (χ2n) is 8.85. The van der Waals surface area contributed by atoms with Gasteiger partial charge in [-0.2, -0.15) is 0 Å². The molecule has 3 aromatic rings. The normalized spacial score (nSPS) is 24.2. The quantitative estimate of drug-likeness (QED) is 0.469.